The van der Waals surface area contributed by atoms with E-state index in [1.54, 1.807) is 0 Å². The number of carbonyl (C=O) groups is 2. The Morgan fingerprint density at radius 1 is 0.913 bits per heavy atom. The number of piperidine rings is 1. The Balaban J connectivity index is 1.61. The van der Waals surface area contributed by atoms with Crippen LogP contribution in [0.15, 0.2) is 0 Å². The highest BCUT2D eigenvalue weighted by molar-refractivity contribution is 5.78. The molecule has 0 bridgehead atoms. The number of likely N-dealkylation sites (tertiary alicyclic amines) is 1. The van der Waals surface area contributed by atoms with E-state index >= 15 is 0 Å². The maximum atomic E-state index is 12.2. The molecule has 2 aliphatic heterocycles. The van der Waals surface area contributed by atoms with Crippen molar-refractivity contribution in [3.05, 3.63) is 0 Å². The molecule has 132 valence electrons. The zero-order valence-corrected chi connectivity index (χ0v) is 14.7. The van der Waals surface area contributed by atoms with E-state index in [0.717, 1.165) is 58.7 Å². The first-order valence-corrected chi connectivity index (χ1v) is 9.06. The standard InChI is InChI=1S/C17H32N4O2/c1-15(2)18-16(22)14-20-12-10-19(11-13-20)9-6-17(23)21-7-4-3-5-8-21/h15H,3-14H2,1-2H3,(H,18,22). The molecule has 2 rings (SSSR count). The van der Waals surface area contributed by atoms with Gasteiger partial charge in [-0.25, -0.2) is 0 Å². The van der Waals surface area contributed by atoms with E-state index in [4.69, 9.17) is 0 Å². The van der Waals surface area contributed by atoms with E-state index < -0.39 is 0 Å². The fourth-order valence-electron chi connectivity index (χ4n) is 3.30. The summed E-state index contributed by atoms with van der Waals surface area (Å²) in [6.07, 6.45) is 4.20. The van der Waals surface area contributed by atoms with Crippen molar-refractivity contribution in [1.29, 1.82) is 0 Å². The Morgan fingerprint density at radius 2 is 1.52 bits per heavy atom. The van der Waals surface area contributed by atoms with Crippen molar-refractivity contribution in [2.45, 2.75) is 45.6 Å². The van der Waals surface area contributed by atoms with E-state index in [1.807, 2.05) is 18.7 Å². The Morgan fingerprint density at radius 3 is 2.13 bits per heavy atom. The minimum atomic E-state index is 0.105. The molecule has 6 heteroatoms. The number of hydrogen-bond donors (Lipinski definition) is 1. The van der Waals surface area contributed by atoms with Crippen molar-refractivity contribution in [2.24, 2.45) is 0 Å². The highest BCUT2D eigenvalue weighted by atomic mass is 16.2. The molecule has 2 amide bonds. The molecule has 2 fully saturated rings. The maximum absolute atomic E-state index is 12.2. The molecule has 6 nitrogen and oxygen atoms in total. The van der Waals surface area contributed by atoms with Crippen molar-refractivity contribution >= 4 is 11.8 Å². The molecule has 2 aliphatic rings. The molecule has 0 aromatic rings. The van der Waals surface area contributed by atoms with Crippen molar-refractivity contribution in [3.63, 3.8) is 0 Å². The van der Waals surface area contributed by atoms with Crippen LogP contribution >= 0.6 is 0 Å². The molecule has 0 aromatic heterocycles. The van der Waals surface area contributed by atoms with Gasteiger partial charge >= 0.3 is 0 Å². The second-order valence-corrected chi connectivity index (χ2v) is 7.03. The molecule has 0 aliphatic carbocycles. The summed E-state index contributed by atoms with van der Waals surface area (Å²) in [6.45, 7) is 10.9. The lowest BCUT2D eigenvalue weighted by atomic mass is 10.1. The van der Waals surface area contributed by atoms with Gasteiger partial charge in [-0.1, -0.05) is 0 Å². The Labute approximate surface area is 140 Å². The molecule has 0 unspecified atom stereocenters. The van der Waals surface area contributed by atoms with Crippen LogP contribution in [-0.2, 0) is 9.59 Å². The molecular weight excluding hydrogens is 292 g/mol. The van der Waals surface area contributed by atoms with Crippen LogP contribution in [-0.4, -0.2) is 84.9 Å². The average molecular weight is 324 g/mol. The van der Waals surface area contributed by atoms with Gasteiger partial charge < -0.3 is 15.1 Å². The smallest absolute Gasteiger partial charge is 0.234 e. The van der Waals surface area contributed by atoms with Gasteiger partial charge in [-0.15, -0.1) is 0 Å². The van der Waals surface area contributed by atoms with Gasteiger partial charge in [0.1, 0.15) is 0 Å². The SMILES string of the molecule is CC(C)NC(=O)CN1CCN(CCC(=O)N2CCCCC2)CC1. The molecule has 2 heterocycles. The summed E-state index contributed by atoms with van der Waals surface area (Å²) >= 11 is 0. The Kier molecular flexibility index (Phi) is 7.30. The van der Waals surface area contributed by atoms with Crippen LogP contribution in [0, 0.1) is 0 Å². The molecule has 0 atom stereocenters. The van der Waals surface area contributed by atoms with Gasteiger partial charge in [-0.05, 0) is 33.1 Å². The molecule has 0 spiro atoms. The van der Waals surface area contributed by atoms with Crippen molar-refractivity contribution in [1.82, 2.24) is 20.0 Å². The van der Waals surface area contributed by atoms with Crippen LogP contribution in [0.2, 0.25) is 0 Å². The number of nitrogens with one attached hydrogen (secondary N) is 1. The van der Waals surface area contributed by atoms with Crippen LogP contribution in [0.25, 0.3) is 0 Å². The van der Waals surface area contributed by atoms with Gasteiger partial charge in [0, 0.05) is 58.3 Å². The lowest BCUT2D eigenvalue weighted by Gasteiger charge is -2.35. The average Bonchev–Trinajstić information content (AvgIpc) is 2.54. The number of nitrogens with zero attached hydrogens (tertiary/aromatic N) is 3. The van der Waals surface area contributed by atoms with Crippen molar-refractivity contribution in [2.75, 3.05) is 52.4 Å². The second kappa shape index (κ2) is 9.23. The van der Waals surface area contributed by atoms with Gasteiger partial charge in [0.15, 0.2) is 0 Å². The molecule has 1 N–H and O–H groups in total. The highest BCUT2D eigenvalue weighted by Crippen LogP contribution is 2.10. The summed E-state index contributed by atoms with van der Waals surface area (Å²) in [5.74, 6) is 0.414. The molecule has 0 aromatic carbocycles. The van der Waals surface area contributed by atoms with Gasteiger partial charge in [0.2, 0.25) is 11.8 Å². The lowest BCUT2D eigenvalue weighted by molar-refractivity contribution is -0.132. The summed E-state index contributed by atoms with van der Waals surface area (Å²) in [5, 5.41) is 2.93. The van der Waals surface area contributed by atoms with E-state index in [2.05, 4.69) is 15.1 Å². The van der Waals surface area contributed by atoms with E-state index in [9.17, 15) is 9.59 Å². The van der Waals surface area contributed by atoms with Crippen LogP contribution in [0.4, 0.5) is 0 Å². The summed E-state index contributed by atoms with van der Waals surface area (Å²) in [6, 6.07) is 0.199. The van der Waals surface area contributed by atoms with Gasteiger partial charge in [-0.3, -0.25) is 14.5 Å². The zero-order valence-electron chi connectivity index (χ0n) is 14.7. The van der Waals surface area contributed by atoms with Crippen LogP contribution in [0.1, 0.15) is 39.5 Å². The number of piperazine rings is 1. The first kappa shape index (κ1) is 18.2. The van der Waals surface area contributed by atoms with E-state index in [1.165, 1.54) is 6.42 Å². The van der Waals surface area contributed by atoms with Gasteiger partial charge in [-0.2, -0.15) is 0 Å². The quantitative estimate of drug-likeness (QED) is 0.774. The van der Waals surface area contributed by atoms with Crippen LogP contribution in [0.3, 0.4) is 0 Å². The highest BCUT2D eigenvalue weighted by Gasteiger charge is 2.21. The predicted molar refractivity (Wildman–Crippen MR) is 91.2 cm³/mol. The topological polar surface area (TPSA) is 55.9 Å². The normalized spacial score (nSPS) is 20.7. The van der Waals surface area contributed by atoms with Gasteiger partial charge in [0.05, 0.1) is 6.54 Å². The molecular formula is C17H32N4O2. The Hall–Kier alpha value is -1.14. The lowest BCUT2D eigenvalue weighted by Crippen LogP contribution is -2.50. The van der Waals surface area contributed by atoms with Crippen LogP contribution in [0.5, 0.6) is 0 Å². The zero-order chi connectivity index (χ0) is 16.7. The first-order valence-electron chi connectivity index (χ1n) is 9.06. The monoisotopic (exact) mass is 324 g/mol. The maximum Gasteiger partial charge on any atom is 0.234 e. The second-order valence-electron chi connectivity index (χ2n) is 7.03. The third kappa shape index (κ3) is 6.47. The number of carbonyl (C=O) groups excluding carboxylic acids is 2. The summed E-state index contributed by atoms with van der Waals surface area (Å²) in [4.78, 5) is 30.5. The third-order valence-corrected chi connectivity index (χ3v) is 4.63. The molecule has 0 radical (unpaired) electrons. The summed E-state index contributed by atoms with van der Waals surface area (Å²) < 4.78 is 0. The van der Waals surface area contributed by atoms with E-state index in [-0.39, 0.29) is 11.9 Å². The first-order chi connectivity index (χ1) is 11.0. The van der Waals surface area contributed by atoms with E-state index in [0.29, 0.717) is 18.9 Å². The molecule has 2 saturated heterocycles. The third-order valence-electron chi connectivity index (χ3n) is 4.63. The minimum absolute atomic E-state index is 0.105. The van der Waals surface area contributed by atoms with Crippen molar-refractivity contribution < 1.29 is 9.59 Å². The number of rotatable bonds is 6. The number of amides is 2. The summed E-state index contributed by atoms with van der Waals surface area (Å²) in [5.41, 5.74) is 0. The largest absolute Gasteiger partial charge is 0.353 e. The van der Waals surface area contributed by atoms with Crippen LogP contribution < -0.4 is 5.32 Å². The molecule has 23 heavy (non-hydrogen) atoms. The fourth-order valence-corrected chi connectivity index (χ4v) is 3.30. The fraction of sp³-hybridized carbons (Fsp3) is 0.882. The minimum Gasteiger partial charge on any atom is -0.353 e. The number of hydrogen-bond acceptors (Lipinski definition) is 4. The predicted octanol–water partition coefficient (Wildman–Crippen LogP) is 0.531. The van der Waals surface area contributed by atoms with Gasteiger partial charge in [0.25, 0.3) is 0 Å². The summed E-state index contributed by atoms with van der Waals surface area (Å²) in [7, 11) is 0. The molecule has 0 saturated carbocycles. The van der Waals surface area contributed by atoms with Crippen molar-refractivity contribution in [3.8, 4) is 0 Å². The Bertz CT molecular complexity index is 386.